The van der Waals surface area contributed by atoms with Crippen LogP contribution in [0.25, 0.3) is 0 Å². The molecule has 3 N–H and O–H groups in total. The van der Waals surface area contributed by atoms with Gasteiger partial charge in [-0.15, -0.1) is 0 Å². The third-order valence-electron chi connectivity index (χ3n) is 12.7. The van der Waals surface area contributed by atoms with Crippen molar-refractivity contribution >= 4 is 28.9 Å². The van der Waals surface area contributed by atoms with Gasteiger partial charge in [0, 0.05) is 40.8 Å². The summed E-state index contributed by atoms with van der Waals surface area (Å²) in [6.45, 7) is 6.81. The van der Waals surface area contributed by atoms with Crippen molar-refractivity contribution in [2.45, 2.75) is 90.3 Å². The third-order valence-corrected chi connectivity index (χ3v) is 12.7. The average Bonchev–Trinajstić information content (AvgIpc) is 3.61. The van der Waals surface area contributed by atoms with Crippen LogP contribution in [-0.4, -0.2) is 57.9 Å². The number of hydrogen-bond donors (Lipinski definition) is 3. The van der Waals surface area contributed by atoms with E-state index in [0.717, 1.165) is 35.1 Å². The molecular formula is C42H49NO8. The zero-order valence-electron chi connectivity index (χ0n) is 29.8. The predicted octanol–water partition coefficient (Wildman–Crippen LogP) is 5.68. The Bertz CT molecular complexity index is 1780. The minimum atomic E-state index is -1.39. The highest BCUT2D eigenvalue weighted by molar-refractivity contribution is 6.01. The van der Waals surface area contributed by atoms with Gasteiger partial charge < -0.3 is 25.0 Å². The molecule has 7 rings (SSSR count). The van der Waals surface area contributed by atoms with Gasteiger partial charge in [-0.1, -0.05) is 75.7 Å². The number of aliphatic hydroxyl groups excluding tert-OH is 2. The number of amides is 1. The van der Waals surface area contributed by atoms with Crippen LogP contribution in [0.4, 0.5) is 5.69 Å². The molecule has 4 fully saturated rings. The van der Waals surface area contributed by atoms with E-state index in [2.05, 4.69) is 5.32 Å². The Hall–Kier alpha value is -3.76. The Balaban J connectivity index is 1.05. The summed E-state index contributed by atoms with van der Waals surface area (Å²) in [5.41, 5.74) is 2.44. The van der Waals surface area contributed by atoms with E-state index in [1.54, 1.807) is 19.1 Å². The Labute approximate surface area is 299 Å². The van der Waals surface area contributed by atoms with Crippen LogP contribution in [0.15, 0.2) is 72.3 Å². The monoisotopic (exact) mass is 695 g/mol. The fourth-order valence-electron chi connectivity index (χ4n) is 10.1. The van der Waals surface area contributed by atoms with Gasteiger partial charge in [-0.25, -0.2) is 0 Å². The van der Waals surface area contributed by atoms with E-state index in [1.807, 2.05) is 75.4 Å². The Kier molecular flexibility index (Phi) is 9.54. The first-order valence-electron chi connectivity index (χ1n) is 18.4. The number of carbonyl (C=O) groups is 4. The molecule has 0 spiro atoms. The molecule has 1 aliphatic heterocycles. The second-order valence-corrected chi connectivity index (χ2v) is 16.0. The summed E-state index contributed by atoms with van der Waals surface area (Å²) in [6.07, 6.45) is 6.59. The first-order valence-corrected chi connectivity index (χ1v) is 18.4. The van der Waals surface area contributed by atoms with Gasteiger partial charge >= 0.3 is 0 Å². The zero-order chi connectivity index (χ0) is 36.2. The lowest BCUT2D eigenvalue weighted by Gasteiger charge is -2.56. The molecule has 270 valence electrons. The molecule has 5 aliphatic rings. The van der Waals surface area contributed by atoms with E-state index < -0.39 is 47.8 Å². The fraction of sp³-hybridized carbons (Fsp3) is 0.524. The van der Waals surface area contributed by atoms with Gasteiger partial charge in [-0.2, -0.15) is 0 Å². The molecule has 51 heavy (non-hydrogen) atoms. The highest BCUT2D eigenvalue weighted by atomic mass is 16.7. The molecule has 2 aromatic rings. The van der Waals surface area contributed by atoms with Crippen molar-refractivity contribution in [1.29, 1.82) is 0 Å². The molecule has 3 saturated carbocycles. The molecule has 2 aromatic carbocycles. The second kappa shape index (κ2) is 13.7. The number of nitrogens with one attached hydrogen (secondary N) is 1. The van der Waals surface area contributed by atoms with Crippen molar-refractivity contribution in [3.63, 3.8) is 0 Å². The molecule has 0 bridgehead atoms. The Morgan fingerprint density at radius 1 is 1.06 bits per heavy atom. The summed E-state index contributed by atoms with van der Waals surface area (Å²) in [5.74, 6) is -0.909. The highest BCUT2D eigenvalue weighted by Gasteiger charge is 2.75. The molecule has 4 aliphatic carbocycles. The second-order valence-electron chi connectivity index (χ2n) is 16.0. The summed E-state index contributed by atoms with van der Waals surface area (Å²) in [4.78, 5) is 50.8. The Morgan fingerprint density at radius 3 is 2.55 bits per heavy atom. The van der Waals surface area contributed by atoms with Crippen LogP contribution < -0.4 is 5.32 Å². The van der Waals surface area contributed by atoms with Gasteiger partial charge in [0.2, 0.25) is 5.91 Å². The topological polar surface area (TPSA) is 139 Å². The quantitative estimate of drug-likeness (QED) is 0.289. The van der Waals surface area contributed by atoms with E-state index >= 15 is 0 Å². The number of benzene rings is 2. The van der Waals surface area contributed by atoms with E-state index in [9.17, 15) is 29.4 Å². The number of rotatable bonds is 10. The summed E-state index contributed by atoms with van der Waals surface area (Å²) in [5, 5.41) is 24.9. The standard InChI is InChI=1S/C42H49NO8/c1-23(2)34(46)16-24(3)39(49)43-29-7-5-6-26(18-29)17-25-8-10-27(11-9-25)40-50-37-20-33-32-14-12-28-19-30(45)13-15-31(28)38(32)35(47)21-41(33,4)42(37,51-40)36(48)22-44/h5-11,13,15,18-19,23-24,31-33,35,37-38,40,44,47H,12,14,16-17,20-22H2,1-4H3,(H,43,49)/t24-,31?,32+,33+,35+,37-,38-,40-,41+,42-/m1/s1. The largest absolute Gasteiger partial charge is 0.393 e. The molecule has 0 aromatic heterocycles. The normalized spacial score (nSPS) is 34.2. The number of aliphatic hydroxyl groups is 2. The smallest absolute Gasteiger partial charge is 0.227 e. The maximum Gasteiger partial charge on any atom is 0.227 e. The lowest BCUT2D eigenvalue weighted by molar-refractivity contribution is -0.197. The van der Waals surface area contributed by atoms with Crippen molar-refractivity contribution in [2.75, 3.05) is 11.9 Å². The van der Waals surface area contributed by atoms with Crippen molar-refractivity contribution in [1.82, 2.24) is 0 Å². The Morgan fingerprint density at radius 2 is 1.82 bits per heavy atom. The lowest BCUT2D eigenvalue weighted by atomic mass is 9.49. The fourth-order valence-corrected chi connectivity index (χ4v) is 10.1. The first kappa shape index (κ1) is 35.6. The van der Waals surface area contributed by atoms with Gasteiger partial charge in [-0.05, 0) is 85.3 Å². The van der Waals surface area contributed by atoms with Crippen molar-refractivity contribution < 1.29 is 38.9 Å². The van der Waals surface area contributed by atoms with Crippen LogP contribution in [-0.2, 0) is 35.1 Å². The van der Waals surface area contributed by atoms with E-state index in [0.29, 0.717) is 24.9 Å². The number of anilines is 1. The maximum atomic E-state index is 13.8. The van der Waals surface area contributed by atoms with Gasteiger partial charge in [0.1, 0.15) is 12.4 Å². The molecule has 0 radical (unpaired) electrons. The number of ether oxygens (including phenoxy) is 2. The number of allylic oxidation sites excluding steroid dienone is 4. The predicted molar refractivity (Wildman–Crippen MR) is 190 cm³/mol. The van der Waals surface area contributed by atoms with Crippen LogP contribution in [0.5, 0.6) is 0 Å². The van der Waals surface area contributed by atoms with Crippen molar-refractivity contribution in [3.8, 4) is 0 Å². The van der Waals surface area contributed by atoms with Gasteiger partial charge in [0.05, 0.1) is 12.2 Å². The van der Waals surface area contributed by atoms with Crippen molar-refractivity contribution in [2.24, 2.45) is 40.9 Å². The number of fused-ring (bicyclic) bond motifs is 7. The number of carbonyl (C=O) groups excluding carboxylic acids is 4. The SMILES string of the molecule is CC(C)C(=O)C[C@@H](C)C(=O)Nc1cccc(Cc2ccc([C@@H]3O[C@@H]4C[C@H]5[C@@H]6CCC7=CC(=O)C=CC7[C@H]6[C@@H](O)C[C@]5(C)[C@]4(C(=O)CO)O3)cc2)c1. The molecule has 1 heterocycles. The molecular weight excluding hydrogens is 646 g/mol. The van der Waals surface area contributed by atoms with Crippen LogP contribution in [0, 0.1) is 40.9 Å². The van der Waals surface area contributed by atoms with E-state index in [1.165, 1.54) is 0 Å². The molecule has 9 nitrogen and oxygen atoms in total. The third kappa shape index (κ3) is 6.16. The van der Waals surface area contributed by atoms with Crippen LogP contribution in [0.2, 0.25) is 0 Å². The zero-order valence-corrected chi connectivity index (χ0v) is 29.8. The molecule has 10 atom stereocenters. The lowest BCUT2D eigenvalue weighted by Crippen LogP contribution is -2.62. The number of hydrogen-bond acceptors (Lipinski definition) is 8. The van der Waals surface area contributed by atoms with Gasteiger partial charge in [0.25, 0.3) is 0 Å². The maximum absolute atomic E-state index is 13.8. The van der Waals surface area contributed by atoms with Crippen molar-refractivity contribution in [3.05, 3.63) is 89.0 Å². The van der Waals surface area contributed by atoms with E-state index in [4.69, 9.17) is 9.47 Å². The van der Waals surface area contributed by atoms with Crippen LogP contribution >= 0.6 is 0 Å². The minimum absolute atomic E-state index is 0.00350. The molecule has 1 saturated heterocycles. The molecule has 1 unspecified atom stereocenters. The summed E-state index contributed by atoms with van der Waals surface area (Å²) in [6, 6.07) is 15.5. The highest BCUT2D eigenvalue weighted by Crippen LogP contribution is 2.69. The minimum Gasteiger partial charge on any atom is -0.393 e. The number of ketones is 3. The first-order chi connectivity index (χ1) is 24.3. The van der Waals surface area contributed by atoms with Crippen LogP contribution in [0.1, 0.15) is 82.8 Å². The molecule has 9 heteroatoms. The molecule has 1 amide bonds. The average molecular weight is 696 g/mol. The van der Waals surface area contributed by atoms with Crippen LogP contribution in [0.3, 0.4) is 0 Å². The van der Waals surface area contributed by atoms with E-state index in [-0.39, 0.29) is 53.5 Å². The summed E-state index contributed by atoms with van der Waals surface area (Å²) < 4.78 is 13.3. The van der Waals surface area contributed by atoms with Gasteiger partial charge in [0.15, 0.2) is 23.5 Å². The summed E-state index contributed by atoms with van der Waals surface area (Å²) >= 11 is 0. The summed E-state index contributed by atoms with van der Waals surface area (Å²) in [7, 11) is 0. The van der Waals surface area contributed by atoms with Gasteiger partial charge in [-0.3, -0.25) is 19.2 Å². The number of Topliss-reactive ketones (excluding diaryl/α,β-unsaturated/α-hetero) is 2.